The molecule has 0 radical (unpaired) electrons. The second kappa shape index (κ2) is 7.47. The van der Waals surface area contributed by atoms with Crippen LogP contribution in [0.1, 0.15) is 41.9 Å². The molecule has 0 bridgehead atoms. The van der Waals surface area contributed by atoms with Gasteiger partial charge in [-0.05, 0) is 36.1 Å². The molecular weight excluding hydrogens is 314 g/mol. The monoisotopic (exact) mass is 337 g/mol. The molecule has 5 nitrogen and oxygen atoms in total. The van der Waals surface area contributed by atoms with Crippen LogP contribution < -0.4 is 5.32 Å². The van der Waals surface area contributed by atoms with Crippen molar-refractivity contribution in [1.29, 1.82) is 0 Å². The number of carbonyl (C=O) groups excluding carboxylic acids is 2. The summed E-state index contributed by atoms with van der Waals surface area (Å²) in [5.74, 6) is 0.122. The van der Waals surface area contributed by atoms with E-state index in [-0.39, 0.29) is 11.8 Å². The molecule has 1 aliphatic rings. The molecule has 1 aliphatic heterocycles. The van der Waals surface area contributed by atoms with E-state index < -0.39 is 6.04 Å². The number of nitrogens with one attached hydrogen (secondary N) is 1. The number of hydrogen-bond donors (Lipinski definition) is 1. The standard InChI is InChI=1S/C20H23N3O2/c1-14(2)11-18(19(24)22-12-16-8-5-6-10-21-16)23-13-15-7-3-4-9-17(15)20(23)25/h3-10,14,18H,11-13H2,1-2H3,(H,22,24)/t18-/m1/s1. The molecule has 130 valence electrons. The van der Waals surface area contributed by atoms with Gasteiger partial charge < -0.3 is 10.2 Å². The number of carbonyl (C=O) groups is 2. The van der Waals surface area contributed by atoms with Gasteiger partial charge in [0.05, 0.1) is 12.2 Å². The van der Waals surface area contributed by atoms with E-state index in [1.807, 2.05) is 42.5 Å². The van der Waals surface area contributed by atoms with Crippen molar-refractivity contribution in [1.82, 2.24) is 15.2 Å². The van der Waals surface area contributed by atoms with Crippen LogP contribution in [0.25, 0.3) is 0 Å². The highest BCUT2D eigenvalue weighted by atomic mass is 16.2. The third-order valence-electron chi connectivity index (χ3n) is 4.39. The van der Waals surface area contributed by atoms with Gasteiger partial charge in [-0.2, -0.15) is 0 Å². The minimum Gasteiger partial charge on any atom is -0.349 e. The van der Waals surface area contributed by atoms with E-state index in [9.17, 15) is 9.59 Å². The molecule has 0 unspecified atom stereocenters. The minimum atomic E-state index is -0.469. The van der Waals surface area contributed by atoms with Crippen molar-refractivity contribution in [3.8, 4) is 0 Å². The molecule has 0 aliphatic carbocycles. The zero-order valence-electron chi connectivity index (χ0n) is 14.6. The van der Waals surface area contributed by atoms with Crippen molar-refractivity contribution in [2.75, 3.05) is 0 Å². The smallest absolute Gasteiger partial charge is 0.255 e. The third-order valence-corrected chi connectivity index (χ3v) is 4.39. The maximum absolute atomic E-state index is 12.8. The molecule has 1 N–H and O–H groups in total. The fraction of sp³-hybridized carbons (Fsp3) is 0.350. The molecule has 0 saturated carbocycles. The summed E-state index contributed by atoms with van der Waals surface area (Å²) in [5, 5.41) is 2.93. The topological polar surface area (TPSA) is 62.3 Å². The highest BCUT2D eigenvalue weighted by molar-refractivity contribution is 6.01. The molecule has 1 aromatic heterocycles. The molecule has 2 heterocycles. The summed E-state index contributed by atoms with van der Waals surface area (Å²) >= 11 is 0. The Kier molecular flexibility index (Phi) is 5.12. The molecule has 25 heavy (non-hydrogen) atoms. The molecule has 1 aromatic carbocycles. The summed E-state index contributed by atoms with van der Waals surface area (Å²) in [6.07, 6.45) is 2.33. The number of hydrogen-bond acceptors (Lipinski definition) is 3. The molecule has 5 heteroatoms. The van der Waals surface area contributed by atoms with E-state index >= 15 is 0 Å². The Morgan fingerprint density at radius 2 is 1.96 bits per heavy atom. The molecule has 2 amide bonds. The van der Waals surface area contributed by atoms with Gasteiger partial charge in [-0.25, -0.2) is 0 Å². The van der Waals surface area contributed by atoms with Crippen molar-refractivity contribution in [2.45, 2.75) is 39.4 Å². The Balaban J connectivity index is 1.74. The maximum Gasteiger partial charge on any atom is 0.255 e. The lowest BCUT2D eigenvalue weighted by Gasteiger charge is -2.28. The first kappa shape index (κ1) is 17.1. The van der Waals surface area contributed by atoms with Gasteiger partial charge in [0.1, 0.15) is 6.04 Å². The molecule has 3 rings (SSSR count). The summed E-state index contributed by atoms with van der Waals surface area (Å²) in [7, 11) is 0. The predicted octanol–water partition coefficient (Wildman–Crippen LogP) is 2.77. The summed E-state index contributed by atoms with van der Waals surface area (Å²) < 4.78 is 0. The highest BCUT2D eigenvalue weighted by Crippen LogP contribution is 2.26. The molecule has 1 atom stereocenters. The minimum absolute atomic E-state index is 0.0609. The second-order valence-corrected chi connectivity index (χ2v) is 6.77. The number of fused-ring (bicyclic) bond motifs is 1. The van der Waals surface area contributed by atoms with E-state index in [0.29, 0.717) is 31.0 Å². The number of aromatic nitrogens is 1. The SMILES string of the molecule is CC(C)C[C@H](C(=O)NCc1ccccn1)N1Cc2ccccc2C1=O. The van der Waals surface area contributed by atoms with Gasteiger partial charge in [0, 0.05) is 18.3 Å². The van der Waals surface area contributed by atoms with Crippen LogP contribution in [0.3, 0.4) is 0 Å². The van der Waals surface area contributed by atoms with Gasteiger partial charge in [-0.1, -0.05) is 38.1 Å². The Labute approximate surface area is 148 Å². The largest absolute Gasteiger partial charge is 0.349 e. The lowest BCUT2D eigenvalue weighted by atomic mass is 10.0. The first-order valence-corrected chi connectivity index (χ1v) is 8.62. The van der Waals surface area contributed by atoms with Gasteiger partial charge in [0.25, 0.3) is 5.91 Å². The molecule has 2 aromatic rings. The zero-order valence-corrected chi connectivity index (χ0v) is 14.6. The van der Waals surface area contributed by atoms with E-state index in [2.05, 4.69) is 24.1 Å². The summed E-state index contributed by atoms with van der Waals surface area (Å²) in [4.78, 5) is 31.4. The van der Waals surface area contributed by atoms with Crippen LogP contribution in [-0.2, 0) is 17.9 Å². The van der Waals surface area contributed by atoms with Gasteiger partial charge >= 0.3 is 0 Å². The Bertz CT molecular complexity index is 759. The average molecular weight is 337 g/mol. The summed E-state index contributed by atoms with van der Waals surface area (Å²) in [6.45, 7) is 4.98. The van der Waals surface area contributed by atoms with Crippen molar-refractivity contribution < 1.29 is 9.59 Å². The van der Waals surface area contributed by atoms with Crippen molar-refractivity contribution in [3.05, 3.63) is 65.5 Å². The van der Waals surface area contributed by atoms with Crippen molar-refractivity contribution in [2.24, 2.45) is 5.92 Å². The fourth-order valence-electron chi connectivity index (χ4n) is 3.15. The number of rotatable bonds is 6. The zero-order chi connectivity index (χ0) is 17.8. The van der Waals surface area contributed by atoms with Crippen LogP contribution in [-0.4, -0.2) is 27.7 Å². The first-order chi connectivity index (χ1) is 12.1. The maximum atomic E-state index is 12.8. The summed E-state index contributed by atoms with van der Waals surface area (Å²) in [6, 6.07) is 12.7. The van der Waals surface area contributed by atoms with E-state index in [0.717, 1.165) is 11.3 Å². The Morgan fingerprint density at radius 3 is 2.64 bits per heavy atom. The van der Waals surface area contributed by atoms with Crippen LogP contribution in [0.2, 0.25) is 0 Å². The van der Waals surface area contributed by atoms with E-state index in [1.54, 1.807) is 11.1 Å². The van der Waals surface area contributed by atoms with Gasteiger partial charge in [0.15, 0.2) is 0 Å². The summed E-state index contributed by atoms with van der Waals surface area (Å²) in [5.41, 5.74) is 2.49. The number of benzene rings is 1. The lowest BCUT2D eigenvalue weighted by Crippen LogP contribution is -2.47. The van der Waals surface area contributed by atoms with Crippen LogP contribution >= 0.6 is 0 Å². The van der Waals surface area contributed by atoms with E-state index in [4.69, 9.17) is 0 Å². The highest BCUT2D eigenvalue weighted by Gasteiger charge is 2.36. The van der Waals surface area contributed by atoms with Gasteiger partial charge in [-0.15, -0.1) is 0 Å². The van der Waals surface area contributed by atoms with Gasteiger partial charge in [0.2, 0.25) is 5.91 Å². The van der Waals surface area contributed by atoms with Crippen LogP contribution in [0.15, 0.2) is 48.7 Å². The number of nitrogens with zero attached hydrogens (tertiary/aromatic N) is 2. The number of pyridine rings is 1. The van der Waals surface area contributed by atoms with Crippen LogP contribution in [0, 0.1) is 5.92 Å². The van der Waals surface area contributed by atoms with Crippen molar-refractivity contribution >= 4 is 11.8 Å². The Morgan fingerprint density at radius 1 is 1.20 bits per heavy atom. The number of amides is 2. The average Bonchev–Trinajstić information content (AvgIpc) is 2.95. The van der Waals surface area contributed by atoms with Crippen LogP contribution in [0.4, 0.5) is 0 Å². The molecule has 0 spiro atoms. The normalized spacial score (nSPS) is 14.5. The molecular formula is C20H23N3O2. The predicted molar refractivity (Wildman–Crippen MR) is 95.6 cm³/mol. The van der Waals surface area contributed by atoms with Gasteiger partial charge in [-0.3, -0.25) is 14.6 Å². The Hall–Kier alpha value is -2.69. The fourth-order valence-corrected chi connectivity index (χ4v) is 3.15. The van der Waals surface area contributed by atoms with Crippen molar-refractivity contribution in [3.63, 3.8) is 0 Å². The quantitative estimate of drug-likeness (QED) is 0.882. The van der Waals surface area contributed by atoms with E-state index in [1.165, 1.54) is 0 Å². The third kappa shape index (κ3) is 3.87. The lowest BCUT2D eigenvalue weighted by molar-refractivity contribution is -0.126. The van der Waals surface area contributed by atoms with Crippen LogP contribution in [0.5, 0.6) is 0 Å². The first-order valence-electron chi connectivity index (χ1n) is 8.62. The molecule has 0 saturated heterocycles. The second-order valence-electron chi connectivity index (χ2n) is 6.77. The molecule has 0 fully saturated rings.